The number of hydrogen-bond donors (Lipinski definition) is 0. The first-order valence-electron chi connectivity index (χ1n) is 10.6. The molecular formula is C24H28N2. The van der Waals surface area contributed by atoms with Crippen molar-refractivity contribution in [2.24, 2.45) is 39.1 Å². The third kappa shape index (κ3) is 1.99. The molecule has 0 spiro atoms. The summed E-state index contributed by atoms with van der Waals surface area (Å²) in [7, 11) is 0. The van der Waals surface area contributed by atoms with Crippen molar-refractivity contribution in [3.63, 3.8) is 0 Å². The zero-order valence-corrected chi connectivity index (χ0v) is 15.9. The maximum absolute atomic E-state index is 4.98. The zero-order valence-electron chi connectivity index (χ0n) is 15.9. The molecule has 4 bridgehead atoms. The highest BCUT2D eigenvalue weighted by atomic mass is 14.8. The standard InChI is InChI=1S/C24H28N2/c1-14(2)21-13-26-23-8-17(3-4-20(21)23)22-9-19(12-25-22)24-10-15-5-16(11-24)7-18(24)6-15/h3-4,8-9,13-16,18,21H,5-7,10-12H2,1-2H3. The van der Waals surface area contributed by atoms with Gasteiger partial charge in [-0.05, 0) is 84.5 Å². The highest BCUT2D eigenvalue weighted by Crippen LogP contribution is 2.68. The molecule has 7 rings (SSSR count). The normalized spacial score (nSPS) is 39.0. The fourth-order valence-corrected chi connectivity index (χ4v) is 7.09. The summed E-state index contributed by atoms with van der Waals surface area (Å²) in [5.74, 6) is 4.07. The highest BCUT2D eigenvalue weighted by Gasteiger charge is 2.59. The van der Waals surface area contributed by atoms with Crippen LogP contribution in [0.25, 0.3) is 0 Å². The van der Waals surface area contributed by atoms with E-state index in [-0.39, 0.29) is 0 Å². The molecule has 1 aromatic carbocycles. The number of aliphatic imine (C=N–C) groups is 2. The van der Waals surface area contributed by atoms with E-state index in [0.29, 0.717) is 17.3 Å². The van der Waals surface area contributed by atoms with Crippen LogP contribution in [0.1, 0.15) is 63.0 Å². The highest BCUT2D eigenvalue weighted by molar-refractivity contribution is 6.11. The molecule has 1 aromatic rings. The third-order valence-corrected chi connectivity index (χ3v) is 8.14. The van der Waals surface area contributed by atoms with Crippen LogP contribution in [0.15, 0.2) is 39.8 Å². The Morgan fingerprint density at radius 1 is 1.08 bits per heavy atom. The molecule has 2 heteroatoms. The molecule has 3 atom stereocenters. The maximum Gasteiger partial charge on any atom is 0.0671 e. The summed E-state index contributed by atoms with van der Waals surface area (Å²) in [4.78, 5) is 9.68. The van der Waals surface area contributed by atoms with E-state index in [1.165, 1.54) is 48.9 Å². The first-order valence-corrected chi connectivity index (χ1v) is 10.6. The maximum atomic E-state index is 4.98. The molecule has 4 aliphatic carbocycles. The summed E-state index contributed by atoms with van der Waals surface area (Å²) in [6.45, 7) is 5.50. The van der Waals surface area contributed by atoms with Gasteiger partial charge in [0.1, 0.15) is 0 Å². The average Bonchev–Trinajstić information content (AvgIpc) is 3.35. The Balaban J connectivity index is 1.31. The van der Waals surface area contributed by atoms with Gasteiger partial charge in [0.25, 0.3) is 0 Å². The number of fused-ring (bicyclic) bond motifs is 1. The smallest absolute Gasteiger partial charge is 0.0671 e. The van der Waals surface area contributed by atoms with E-state index in [0.717, 1.165) is 30.0 Å². The molecule has 4 saturated carbocycles. The molecule has 0 N–H and O–H groups in total. The van der Waals surface area contributed by atoms with Crippen LogP contribution in [-0.4, -0.2) is 18.5 Å². The van der Waals surface area contributed by atoms with E-state index in [4.69, 9.17) is 9.98 Å². The second-order valence-electron chi connectivity index (χ2n) is 9.89. The predicted octanol–water partition coefficient (Wildman–Crippen LogP) is 5.70. The van der Waals surface area contributed by atoms with Crippen molar-refractivity contribution in [3.8, 4) is 0 Å². The van der Waals surface area contributed by atoms with Gasteiger partial charge < -0.3 is 0 Å². The monoisotopic (exact) mass is 344 g/mol. The van der Waals surface area contributed by atoms with Crippen LogP contribution >= 0.6 is 0 Å². The lowest BCUT2D eigenvalue weighted by Crippen LogP contribution is -2.26. The van der Waals surface area contributed by atoms with E-state index in [9.17, 15) is 0 Å². The van der Waals surface area contributed by atoms with E-state index in [2.05, 4.69) is 44.3 Å². The Labute approximate surface area is 156 Å². The van der Waals surface area contributed by atoms with E-state index in [1.54, 1.807) is 5.57 Å². The Morgan fingerprint density at radius 2 is 1.88 bits per heavy atom. The van der Waals surface area contributed by atoms with Gasteiger partial charge in [0.15, 0.2) is 0 Å². The minimum absolute atomic E-state index is 0.471. The molecule has 134 valence electrons. The third-order valence-electron chi connectivity index (χ3n) is 8.14. The van der Waals surface area contributed by atoms with Gasteiger partial charge in [-0.1, -0.05) is 26.0 Å². The van der Waals surface area contributed by atoms with Gasteiger partial charge in [-0.15, -0.1) is 0 Å². The van der Waals surface area contributed by atoms with E-state index < -0.39 is 0 Å². The first-order chi connectivity index (χ1) is 12.6. The average molecular weight is 345 g/mol. The van der Waals surface area contributed by atoms with Gasteiger partial charge in [-0.3, -0.25) is 9.98 Å². The van der Waals surface area contributed by atoms with Crippen LogP contribution in [0.3, 0.4) is 0 Å². The minimum Gasteiger partial charge on any atom is -0.280 e. The molecule has 2 heterocycles. The van der Waals surface area contributed by atoms with E-state index >= 15 is 0 Å². The van der Waals surface area contributed by atoms with Gasteiger partial charge in [-0.2, -0.15) is 0 Å². The summed E-state index contributed by atoms with van der Waals surface area (Å²) >= 11 is 0. The van der Waals surface area contributed by atoms with Crippen LogP contribution in [-0.2, 0) is 0 Å². The molecule has 0 aromatic heterocycles. The lowest BCUT2D eigenvalue weighted by Gasteiger charge is -2.34. The summed E-state index contributed by atoms with van der Waals surface area (Å²) in [6.07, 6.45) is 12.0. The molecule has 2 aliphatic heterocycles. The van der Waals surface area contributed by atoms with Crippen molar-refractivity contribution in [3.05, 3.63) is 41.0 Å². The number of benzene rings is 1. The largest absolute Gasteiger partial charge is 0.280 e. The Kier molecular flexibility index (Phi) is 3.06. The number of hydrogen-bond acceptors (Lipinski definition) is 2. The number of nitrogens with zero attached hydrogens (tertiary/aromatic N) is 2. The van der Waals surface area contributed by atoms with E-state index in [1.807, 2.05) is 0 Å². The Bertz CT molecular complexity index is 858. The number of allylic oxidation sites excluding steroid dienone is 1. The quantitative estimate of drug-likeness (QED) is 0.672. The number of rotatable bonds is 3. The summed E-state index contributed by atoms with van der Waals surface area (Å²) < 4.78 is 0. The SMILES string of the molecule is CC(C)C1C=Nc2cc(C3=NCC(C45CC6CC(CC4C6)C5)=C3)ccc21. The summed E-state index contributed by atoms with van der Waals surface area (Å²) in [5, 5.41) is 0. The van der Waals surface area contributed by atoms with Crippen molar-refractivity contribution < 1.29 is 0 Å². The van der Waals surface area contributed by atoms with Crippen molar-refractivity contribution in [2.45, 2.75) is 51.9 Å². The van der Waals surface area contributed by atoms with Crippen LogP contribution in [0.4, 0.5) is 5.69 Å². The Hall–Kier alpha value is -1.70. The minimum atomic E-state index is 0.471. The van der Waals surface area contributed by atoms with Crippen molar-refractivity contribution in [2.75, 3.05) is 6.54 Å². The molecule has 0 radical (unpaired) electrons. The zero-order chi connectivity index (χ0) is 17.5. The fraction of sp³-hybridized carbons (Fsp3) is 0.583. The first kappa shape index (κ1) is 15.4. The molecule has 4 fully saturated rings. The molecule has 2 nitrogen and oxygen atoms in total. The van der Waals surface area contributed by atoms with Crippen molar-refractivity contribution >= 4 is 17.6 Å². The second kappa shape index (κ2) is 5.18. The van der Waals surface area contributed by atoms with Crippen molar-refractivity contribution in [1.82, 2.24) is 0 Å². The topological polar surface area (TPSA) is 24.7 Å². The molecule has 26 heavy (non-hydrogen) atoms. The van der Waals surface area contributed by atoms with Crippen LogP contribution < -0.4 is 0 Å². The molecule has 0 amide bonds. The van der Waals surface area contributed by atoms with Crippen LogP contribution in [0.5, 0.6) is 0 Å². The van der Waals surface area contributed by atoms with Gasteiger partial charge >= 0.3 is 0 Å². The summed E-state index contributed by atoms with van der Waals surface area (Å²) in [6, 6.07) is 6.83. The van der Waals surface area contributed by atoms with Gasteiger partial charge in [0.05, 0.1) is 17.9 Å². The molecule has 6 aliphatic rings. The predicted molar refractivity (Wildman–Crippen MR) is 108 cm³/mol. The van der Waals surface area contributed by atoms with Gasteiger partial charge in [0.2, 0.25) is 0 Å². The molecular weight excluding hydrogens is 316 g/mol. The fourth-order valence-electron chi connectivity index (χ4n) is 7.09. The Morgan fingerprint density at radius 3 is 2.65 bits per heavy atom. The van der Waals surface area contributed by atoms with Crippen LogP contribution in [0.2, 0.25) is 0 Å². The summed E-state index contributed by atoms with van der Waals surface area (Å²) in [5.41, 5.74) is 7.19. The van der Waals surface area contributed by atoms with Crippen LogP contribution in [0, 0.1) is 29.1 Å². The lowest BCUT2D eigenvalue weighted by molar-refractivity contribution is 0.240. The molecule has 3 unspecified atom stereocenters. The van der Waals surface area contributed by atoms with Gasteiger partial charge in [-0.25, -0.2) is 0 Å². The lowest BCUT2D eigenvalue weighted by atomic mass is 9.70. The van der Waals surface area contributed by atoms with Crippen molar-refractivity contribution in [1.29, 1.82) is 0 Å². The molecule has 0 saturated heterocycles. The van der Waals surface area contributed by atoms with Gasteiger partial charge in [0, 0.05) is 17.7 Å². The second-order valence-corrected chi connectivity index (χ2v) is 9.89.